The zero-order valence-corrected chi connectivity index (χ0v) is 11.9. The monoisotopic (exact) mass is 285 g/mol. The van der Waals surface area contributed by atoms with Gasteiger partial charge < -0.3 is 25.0 Å². The van der Waals surface area contributed by atoms with Gasteiger partial charge in [0.15, 0.2) is 0 Å². The molecule has 20 heavy (non-hydrogen) atoms. The molecule has 0 aromatic rings. The number of likely N-dealkylation sites (tertiary alicyclic amines) is 2. The van der Waals surface area contributed by atoms with Crippen molar-refractivity contribution in [3.05, 3.63) is 0 Å². The number of carboxylic acid groups (broad SMARTS) is 1. The minimum Gasteiger partial charge on any atom is -0.480 e. The molecule has 1 unspecified atom stereocenters. The molecule has 2 amide bonds. The van der Waals surface area contributed by atoms with E-state index >= 15 is 0 Å². The van der Waals surface area contributed by atoms with E-state index in [1.165, 1.54) is 0 Å². The average molecular weight is 285 g/mol. The minimum absolute atomic E-state index is 0.0121. The molecule has 0 spiro atoms. The summed E-state index contributed by atoms with van der Waals surface area (Å²) >= 11 is 0. The summed E-state index contributed by atoms with van der Waals surface area (Å²) in [6.07, 6.45) is 2.35. The third-order valence-corrected chi connectivity index (χ3v) is 3.89. The van der Waals surface area contributed by atoms with Crippen LogP contribution in [0.4, 0.5) is 4.79 Å². The average Bonchev–Trinajstić information content (AvgIpc) is 2.82. The van der Waals surface area contributed by atoms with E-state index in [9.17, 15) is 9.59 Å². The first kappa shape index (κ1) is 15.1. The van der Waals surface area contributed by atoms with Crippen molar-refractivity contribution in [3.63, 3.8) is 0 Å². The molecule has 114 valence electrons. The molecule has 0 radical (unpaired) electrons. The standard InChI is InChI=1S/C13H23N3O4/c1-15-5-2-10(8-15)14-13(19)16-6-3-11(4-7-16)20-9-12(17)18/h10-11H,2-9H2,1H3,(H,14,19)(H,17,18). The molecule has 0 saturated carbocycles. The highest BCUT2D eigenvalue weighted by atomic mass is 16.5. The Morgan fingerprint density at radius 3 is 2.50 bits per heavy atom. The fourth-order valence-corrected chi connectivity index (χ4v) is 2.73. The van der Waals surface area contributed by atoms with Gasteiger partial charge in [0.1, 0.15) is 6.61 Å². The number of carboxylic acids is 1. The van der Waals surface area contributed by atoms with Crippen LogP contribution in [-0.2, 0) is 9.53 Å². The molecule has 2 heterocycles. The molecule has 0 aliphatic carbocycles. The largest absolute Gasteiger partial charge is 0.480 e. The zero-order chi connectivity index (χ0) is 14.5. The number of carbonyl (C=O) groups excluding carboxylic acids is 1. The lowest BCUT2D eigenvalue weighted by atomic mass is 10.1. The summed E-state index contributed by atoms with van der Waals surface area (Å²) in [6.45, 7) is 2.92. The zero-order valence-electron chi connectivity index (χ0n) is 11.9. The summed E-state index contributed by atoms with van der Waals surface area (Å²) in [5.74, 6) is -0.949. The SMILES string of the molecule is CN1CCC(NC(=O)N2CCC(OCC(=O)O)CC2)C1. The Labute approximate surface area is 118 Å². The van der Waals surface area contributed by atoms with Gasteiger partial charge in [0, 0.05) is 25.7 Å². The van der Waals surface area contributed by atoms with Crippen molar-refractivity contribution < 1.29 is 19.4 Å². The number of nitrogens with zero attached hydrogens (tertiary/aromatic N) is 2. The second-order valence-corrected chi connectivity index (χ2v) is 5.59. The third kappa shape index (κ3) is 4.35. The Hall–Kier alpha value is -1.34. The van der Waals surface area contributed by atoms with Crippen LogP contribution in [0.5, 0.6) is 0 Å². The molecule has 2 aliphatic heterocycles. The smallest absolute Gasteiger partial charge is 0.329 e. The highest BCUT2D eigenvalue weighted by Crippen LogP contribution is 2.14. The van der Waals surface area contributed by atoms with Crippen LogP contribution in [0.3, 0.4) is 0 Å². The van der Waals surface area contributed by atoms with Crippen LogP contribution in [0, 0.1) is 0 Å². The number of hydrogen-bond donors (Lipinski definition) is 2. The van der Waals surface area contributed by atoms with Gasteiger partial charge in [-0.05, 0) is 32.9 Å². The van der Waals surface area contributed by atoms with Crippen LogP contribution in [0.2, 0.25) is 0 Å². The lowest BCUT2D eigenvalue weighted by molar-refractivity contribution is -0.145. The van der Waals surface area contributed by atoms with Crippen LogP contribution >= 0.6 is 0 Å². The third-order valence-electron chi connectivity index (χ3n) is 3.89. The fourth-order valence-electron chi connectivity index (χ4n) is 2.73. The van der Waals surface area contributed by atoms with Crippen LogP contribution in [-0.4, -0.2) is 78.9 Å². The van der Waals surface area contributed by atoms with Gasteiger partial charge in [0.25, 0.3) is 0 Å². The molecule has 0 aromatic heterocycles. The van der Waals surface area contributed by atoms with Crippen LogP contribution in [0.1, 0.15) is 19.3 Å². The summed E-state index contributed by atoms with van der Waals surface area (Å²) in [4.78, 5) is 26.5. The number of hydrogen-bond acceptors (Lipinski definition) is 4. The number of carbonyl (C=O) groups is 2. The molecule has 7 heteroatoms. The molecular formula is C13H23N3O4. The molecular weight excluding hydrogens is 262 g/mol. The van der Waals surface area contributed by atoms with Gasteiger partial charge in [-0.3, -0.25) is 0 Å². The molecule has 2 N–H and O–H groups in total. The Morgan fingerprint density at radius 2 is 1.95 bits per heavy atom. The predicted molar refractivity (Wildman–Crippen MR) is 72.6 cm³/mol. The fraction of sp³-hybridized carbons (Fsp3) is 0.846. The van der Waals surface area contributed by atoms with Crippen molar-refractivity contribution in [3.8, 4) is 0 Å². The quantitative estimate of drug-likeness (QED) is 0.758. The van der Waals surface area contributed by atoms with E-state index in [1.54, 1.807) is 4.90 Å². The number of likely N-dealkylation sites (N-methyl/N-ethyl adjacent to an activating group) is 1. The lowest BCUT2D eigenvalue weighted by Gasteiger charge is -2.32. The van der Waals surface area contributed by atoms with Crippen molar-refractivity contribution in [2.45, 2.75) is 31.4 Å². The van der Waals surface area contributed by atoms with Crippen LogP contribution in [0.15, 0.2) is 0 Å². The summed E-state index contributed by atoms with van der Waals surface area (Å²) in [5.41, 5.74) is 0. The van der Waals surface area contributed by atoms with Crippen molar-refractivity contribution in [1.29, 1.82) is 0 Å². The van der Waals surface area contributed by atoms with Gasteiger partial charge >= 0.3 is 12.0 Å². The number of rotatable bonds is 4. The lowest BCUT2D eigenvalue weighted by Crippen LogP contribution is -2.49. The van der Waals surface area contributed by atoms with Gasteiger partial charge in [-0.2, -0.15) is 0 Å². The number of ether oxygens (including phenoxy) is 1. The van der Waals surface area contributed by atoms with E-state index in [-0.39, 0.29) is 24.8 Å². The van der Waals surface area contributed by atoms with Gasteiger partial charge in [0.2, 0.25) is 0 Å². The van der Waals surface area contributed by atoms with E-state index < -0.39 is 5.97 Å². The first-order valence-electron chi connectivity index (χ1n) is 7.12. The molecule has 2 fully saturated rings. The van der Waals surface area contributed by atoms with Gasteiger partial charge in [-0.1, -0.05) is 0 Å². The highest BCUT2D eigenvalue weighted by Gasteiger charge is 2.27. The number of nitrogens with one attached hydrogen (secondary N) is 1. The van der Waals surface area contributed by atoms with E-state index in [0.29, 0.717) is 25.9 Å². The Kier molecular flexibility index (Phi) is 5.19. The second kappa shape index (κ2) is 6.90. The Morgan fingerprint density at radius 1 is 1.25 bits per heavy atom. The normalized spacial score (nSPS) is 24.9. The van der Waals surface area contributed by atoms with Gasteiger partial charge in [-0.15, -0.1) is 0 Å². The van der Waals surface area contributed by atoms with Crippen molar-refractivity contribution in [2.75, 3.05) is 39.8 Å². The van der Waals surface area contributed by atoms with Crippen LogP contribution < -0.4 is 5.32 Å². The predicted octanol–water partition coefficient (Wildman–Crippen LogP) is -0.0343. The number of aliphatic carboxylic acids is 1. The van der Waals surface area contributed by atoms with Gasteiger partial charge in [-0.25, -0.2) is 9.59 Å². The van der Waals surface area contributed by atoms with E-state index in [4.69, 9.17) is 9.84 Å². The maximum atomic E-state index is 12.1. The number of urea groups is 1. The van der Waals surface area contributed by atoms with Crippen LogP contribution in [0.25, 0.3) is 0 Å². The Balaban J connectivity index is 1.67. The molecule has 2 saturated heterocycles. The van der Waals surface area contributed by atoms with Crippen molar-refractivity contribution in [1.82, 2.24) is 15.1 Å². The van der Waals surface area contributed by atoms with Crippen molar-refractivity contribution >= 4 is 12.0 Å². The molecule has 2 rings (SSSR count). The molecule has 0 bridgehead atoms. The highest BCUT2D eigenvalue weighted by molar-refractivity contribution is 5.74. The Bertz CT molecular complexity index is 356. The van der Waals surface area contributed by atoms with E-state index in [2.05, 4.69) is 17.3 Å². The molecule has 1 atom stereocenters. The first-order chi connectivity index (χ1) is 9.54. The van der Waals surface area contributed by atoms with Gasteiger partial charge in [0.05, 0.1) is 6.10 Å². The van der Waals surface area contributed by atoms with Crippen molar-refractivity contribution in [2.24, 2.45) is 0 Å². The molecule has 7 nitrogen and oxygen atoms in total. The summed E-state index contributed by atoms with van der Waals surface area (Å²) in [7, 11) is 2.05. The maximum absolute atomic E-state index is 12.1. The summed E-state index contributed by atoms with van der Waals surface area (Å²) < 4.78 is 5.26. The number of piperidine rings is 1. The maximum Gasteiger partial charge on any atom is 0.329 e. The molecule has 2 aliphatic rings. The summed E-state index contributed by atoms with van der Waals surface area (Å²) in [5, 5.41) is 11.6. The topological polar surface area (TPSA) is 82.1 Å². The second-order valence-electron chi connectivity index (χ2n) is 5.59. The van der Waals surface area contributed by atoms with E-state index in [0.717, 1.165) is 19.5 Å². The summed E-state index contributed by atoms with van der Waals surface area (Å²) in [6, 6.07) is 0.232. The number of amides is 2. The molecule has 0 aromatic carbocycles. The minimum atomic E-state index is -0.949. The van der Waals surface area contributed by atoms with E-state index in [1.807, 2.05) is 0 Å². The first-order valence-corrected chi connectivity index (χ1v) is 7.12.